The molecular weight excluding hydrogens is 256 g/mol. The lowest BCUT2D eigenvalue weighted by atomic mass is 9.83. The van der Waals surface area contributed by atoms with Gasteiger partial charge in [-0.15, -0.1) is 0 Å². The molecular formula is C20H24O. The standard InChI is InChI=1S/C20H24O/c21-20-13-7-12-18(20)15-19(17-10-5-2-6-11-17)14-16-8-3-1-4-9-16/h1-6,8-11,18-21H,7,12-15H2. The minimum absolute atomic E-state index is 0.0908. The molecule has 0 radical (unpaired) electrons. The molecule has 1 aliphatic carbocycles. The molecule has 0 bridgehead atoms. The molecule has 1 fully saturated rings. The van der Waals surface area contributed by atoms with Crippen molar-refractivity contribution in [2.45, 2.75) is 44.1 Å². The fraction of sp³-hybridized carbons (Fsp3) is 0.400. The van der Waals surface area contributed by atoms with E-state index in [1.54, 1.807) is 0 Å². The molecule has 0 aliphatic heterocycles. The molecule has 0 amide bonds. The van der Waals surface area contributed by atoms with Crippen molar-refractivity contribution in [3.63, 3.8) is 0 Å². The molecule has 0 saturated heterocycles. The molecule has 3 atom stereocenters. The molecule has 3 rings (SSSR count). The average Bonchev–Trinajstić information content (AvgIpc) is 2.94. The summed E-state index contributed by atoms with van der Waals surface area (Å²) in [5.74, 6) is 0.977. The first-order valence-electron chi connectivity index (χ1n) is 8.10. The van der Waals surface area contributed by atoms with Crippen LogP contribution in [0, 0.1) is 5.92 Å². The third kappa shape index (κ3) is 3.74. The maximum atomic E-state index is 10.2. The Labute approximate surface area is 127 Å². The van der Waals surface area contributed by atoms with Crippen molar-refractivity contribution in [3.05, 3.63) is 71.8 Å². The molecule has 1 aliphatic rings. The quantitative estimate of drug-likeness (QED) is 0.851. The number of aliphatic hydroxyl groups is 1. The lowest BCUT2D eigenvalue weighted by molar-refractivity contribution is 0.123. The van der Waals surface area contributed by atoms with Crippen molar-refractivity contribution in [1.82, 2.24) is 0 Å². The van der Waals surface area contributed by atoms with Crippen LogP contribution in [-0.2, 0) is 6.42 Å². The fourth-order valence-corrected chi connectivity index (χ4v) is 3.62. The van der Waals surface area contributed by atoms with Gasteiger partial charge >= 0.3 is 0 Å². The number of benzene rings is 2. The van der Waals surface area contributed by atoms with Crippen LogP contribution in [0.4, 0.5) is 0 Å². The molecule has 2 aromatic carbocycles. The van der Waals surface area contributed by atoms with Gasteiger partial charge in [0.2, 0.25) is 0 Å². The van der Waals surface area contributed by atoms with Crippen LogP contribution in [0.3, 0.4) is 0 Å². The maximum Gasteiger partial charge on any atom is 0.0568 e. The van der Waals surface area contributed by atoms with Crippen LogP contribution < -0.4 is 0 Å². The smallest absolute Gasteiger partial charge is 0.0568 e. The second-order valence-electron chi connectivity index (χ2n) is 6.29. The molecule has 3 unspecified atom stereocenters. The van der Waals surface area contributed by atoms with Crippen LogP contribution >= 0.6 is 0 Å². The van der Waals surface area contributed by atoms with Crippen molar-refractivity contribution in [1.29, 1.82) is 0 Å². The molecule has 0 aromatic heterocycles. The lowest BCUT2D eigenvalue weighted by Crippen LogP contribution is -2.17. The predicted molar refractivity (Wildman–Crippen MR) is 87.3 cm³/mol. The Morgan fingerprint density at radius 3 is 2.19 bits per heavy atom. The lowest BCUT2D eigenvalue weighted by Gasteiger charge is -2.23. The summed E-state index contributed by atoms with van der Waals surface area (Å²) in [6, 6.07) is 21.5. The van der Waals surface area contributed by atoms with E-state index in [1.165, 1.54) is 24.0 Å². The van der Waals surface area contributed by atoms with Gasteiger partial charge in [0, 0.05) is 0 Å². The monoisotopic (exact) mass is 280 g/mol. The Kier molecular flexibility index (Phi) is 4.72. The van der Waals surface area contributed by atoms with E-state index in [0.717, 1.165) is 19.3 Å². The zero-order valence-corrected chi connectivity index (χ0v) is 12.5. The summed E-state index contributed by atoms with van der Waals surface area (Å²) in [6.45, 7) is 0. The van der Waals surface area contributed by atoms with E-state index in [0.29, 0.717) is 11.8 Å². The predicted octanol–water partition coefficient (Wildman–Crippen LogP) is 4.56. The second-order valence-corrected chi connectivity index (χ2v) is 6.29. The Balaban J connectivity index is 1.77. The average molecular weight is 280 g/mol. The van der Waals surface area contributed by atoms with Gasteiger partial charge in [0.05, 0.1) is 6.10 Å². The van der Waals surface area contributed by atoms with Gasteiger partial charge in [-0.05, 0) is 48.6 Å². The summed E-state index contributed by atoms with van der Waals surface area (Å²) >= 11 is 0. The van der Waals surface area contributed by atoms with E-state index in [-0.39, 0.29) is 6.10 Å². The largest absolute Gasteiger partial charge is 0.393 e. The van der Waals surface area contributed by atoms with Crippen LogP contribution in [0.25, 0.3) is 0 Å². The molecule has 2 aromatic rings. The number of hydrogen-bond acceptors (Lipinski definition) is 1. The fourth-order valence-electron chi connectivity index (χ4n) is 3.62. The zero-order valence-electron chi connectivity index (χ0n) is 12.5. The van der Waals surface area contributed by atoms with Gasteiger partial charge in [-0.3, -0.25) is 0 Å². The maximum absolute atomic E-state index is 10.2. The third-order valence-electron chi connectivity index (χ3n) is 4.80. The summed E-state index contributed by atoms with van der Waals surface area (Å²) in [7, 11) is 0. The first-order chi connectivity index (χ1) is 10.3. The van der Waals surface area contributed by atoms with Crippen LogP contribution in [0.5, 0.6) is 0 Å². The van der Waals surface area contributed by atoms with E-state index < -0.39 is 0 Å². The first-order valence-corrected chi connectivity index (χ1v) is 8.10. The van der Waals surface area contributed by atoms with Crippen LogP contribution in [0.15, 0.2) is 60.7 Å². The van der Waals surface area contributed by atoms with Crippen molar-refractivity contribution in [2.24, 2.45) is 5.92 Å². The molecule has 0 spiro atoms. The third-order valence-corrected chi connectivity index (χ3v) is 4.80. The highest BCUT2D eigenvalue weighted by atomic mass is 16.3. The molecule has 0 heterocycles. The van der Waals surface area contributed by atoms with Gasteiger partial charge in [0.25, 0.3) is 0 Å². The summed E-state index contributed by atoms with van der Waals surface area (Å²) in [5.41, 5.74) is 2.79. The molecule has 21 heavy (non-hydrogen) atoms. The first kappa shape index (κ1) is 14.3. The molecule has 1 heteroatoms. The van der Waals surface area contributed by atoms with Crippen LogP contribution in [0.2, 0.25) is 0 Å². The normalized spacial score (nSPS) is 23.1. The highest BCUT2D eigenvalue weighted by Gasteiger charge is 2.28. The van der Waals surface area contributed by atoms with E-state index in [9.17, 15) is 5.11 Å². The Hall–Kier alpha value is -1.60. The van der Waals surface area contributed by atoms with E-state index in [4.69, 9.17) is 0 Å². The number of hydrogen-bond donors (Lipinski definition) is 1. The van der Waals surface area contributed by atoms with E-state index in [2.05, 4.69) is 60.7 Å². The summed E-state index contributed by atoms with van der Waals surface area (Å²) < 4.78 is 0. The van der Waals surface area contributed by atoms with Crippen molar-refractivity contribution >= 4 is 0 Å². The van der Waals surface area contributed by atoms with Gasteiger partial charge in [-0.25, -0.2) is 0 Å². The topological polar surface area (TPSA) is 20.2 Å². The van der Waals surface area contributed by atoms with Crippen molar-refractivity contribution < 1.29 is 5.11 Å². The number of aliphatic hydroxyl groups excluding tert-OH is 1. The van der Waals surface area contributed by atoms with E-state index in [1.807, 2.05) is 0 Å². The summed E-state index contributed by atoms with van der Waals surface area (Å²) in [6.07, 6.45) is 5.41. The molecule has 110 valence electrons. The SMILES string of the molecule is OC1CCCC1CC(Cc1ccccc1)c1ccccc1. The van der Waals surface area contributed by atoms with Gasteiger partial charge in [0.1, 0.15) is 0 Å². The molecule has 1 nitrogen and oxygen atoms in total. The molecule has 1 N–H and O–H groups in total. The van der Waals surface area contributed by atoms with Gasteiger partial charge in [-0.2, -0.15) is 0 Å². The Morgan fingerprint density at radius 2 is 1.57 bits per heavy atom. The summed E-state index contributed by atoms with van der Waals surface area (Å²) in [4.78, 5) is 0. The Bertz CT molecular complexity index is 534. The summed E-state index contributed by atoms with van der Waals surface area (Å²) in [5, 5.41) is 10.2. The van der Waals surface area contributed by atoms with Gasteiger partial charge in [0.15, 0.2) is 0 Å². The second kappa shape index (κ2) is 6.91. The molecule has 1 saturated carbocycles. The number of rotatable bonds is 5. The van der Waals surface area contributed by atoms with Gasteiger partial charge in [-0.1, -0.05) is 67.1 Å². The highest BCUT2D eigenvalue weighted by molar-refractivity contribution is 5.24. The Morgan fingerprint density at radius 1 is 0.905 bits per heavy atom. The highest BCUT2D eigenvalue weighted by Crippen LogP contribution is 2.36. The van der Waals surface area contributed by atoms with Crippen LogP contribution in [0.1, 0.15) is 42.7 Å². The minimum atomic E-state index is -0.0908. The van der Waals surface area contributed by atoms with E-state index >= 15 is 0 Å². The van der Waals surface area contributed by atoms with Gasteiger partial charge < -0.3 is 5.11 Å². The van der Waals surface area contributed by atoms with Crippen molar-refractivity contribution in [3.8, 4) is 0 Å². The van der Waals surface area contributed by atoms with Crippen molar-refractivity contribution in [2.75, 3.05) is 0 Å². The minimum Gasteiger partial charge on any atom is -0.393 e. The van der Waals surface area contributed by atoms with Crippen LogP contribution in [-0.4, -0.2) is 11.2 Å². The zero-order chi connectivity index (χ0) is 14.5.